The predicted octanol–water partition coefficient (Wildman–Crippen LogP) is 3.88. The quantitative estimate of drug-likeness (QED) is 0.883. The number of aliphatic hydroxyl groups excluding tert-OH is 1. The first-order valence-corrected chi connectivity index (χ1v) is 9.82. The lowest BCUT2D eigenvalue weighted by Crippen LogP contribution is -2.37. The molecule has 3 aliphatic rings. The molecule has 1 spiro atoms. The number of fused-ring (bicyclic) bond motifs is 1. The van der Waals surface area contributed by atoms with Crippen LogP contribution in [-0.4, -0.2) is 41.4 Å². The zero-order valence-electron chi connectivity index (χ0n) is 15.0. The molecular formula is C21H24ClNO3. The van der Waals surface area contributed by atoms with Crippen LogP contribution in [-0.2, 0) is 11.3 Å². The molecule has 2 bridgehead atoms. The summed E-state index contributed by atoms with van der Waals surface area (Å²) < 4.78 is 12.4. The van der Waals surface area contributed by atoms with Crippen LogP contribution in [0.25, 0.3) is 11.3 Å². The maximum absolute atomic E-state index is 9.75. The Morgan fingerprint density at radius 1 is 1.31 bits per heavy atom. The Morgan fingerprint density at radius 3 is 3.00 bits per heavy atom. The maximum Gasteiger partial charge on any atom is 0.134 e. The van der Waals surface area contributed by atoms with Crippen molar-refractivity contribution in [2.45, 2.75) is 38.0 Å². The van der Waals surface area contributed by atoms with Crippen LogP contribution < -0.4 is 0 Å². The highest BCUT2D eigenvalue weighted by atomic mass is 35.5. The van der Waals surface area contributed by atoms with E-state index in [1.807, 2.05) is 31.2 Å². The number of hydrogen-bond donors (Lipinski definition) is 1. The number of rotatable bonds is 4. The summed E-state index contributed by atoms with van der Waals surface area (Å²) in [5, 5.41) is 10.5. The molecule has 0 radical (unpaired) electrons. The second kappa shape index (κ2) is 6.10. The molecule has 0 amide bonds. The Kier molecular flexibility index (Phi) is 3.94. The lowest BCUT2D eigenvalue weighted by atomic mass is 9.74. The molecule has 1 aromatic heterocycles. The average Bonchev–Trinajstić information content (AvgIpc) is 3.36. The molecule has 0 unspecified atom stereocenters. The Hall–Kier alpha value is -1.33. The van der Waals surface area contributed by atoms with Crippen molar-refractivity contribution >= 4 is 11.6 Å². The van der Waals surface area contributed by atoms with E-state index in [1.165, 1.54) is 0 Å². The molecule has 0 aliphatic carbocycles. The summed E-state index contributed by atoms with van der Waals surface area (Å²) in [6, 6.07) is 10.1. The van der Waals surface area contributed by atoms with E-state index < -0.39 is 0 Å². The summed E-state index contributed by atoms with van der Waals surface area (Å²) in [5.41, 5.74) is 2.04. The largest absolute Gasteiger partial charge is 0.460 e. The third kappa shape index (κ3) is 2.55. The average molecular weight is 374 g/mol. The van der Waals surface area contributed by atoms with E-state index in [2.05, 4.69) is 11.0 Å². The van der Waals surface area contributed by atoms with Gasteiger partial charge in [0.15, 0.2) is 0 Å². The van der Waals surface area contributed by atoms with E-state index in [4.69, 9.17) is 20.8 Å². The van der Waals surface area contributed by atoms with Crippen LogP contribution in [0.2, 0.25) is 5.02 Å². The minimum atomic E-state index is -0.0298. The third-order valence-corrected chi connectivity index (χ3v) is 6.97. The Morgan fingerprint density at radius 2 is 2.19 bits per heavy atom. The standard InChI is InChI=1S/C21H24ClNO3/c1-13-2-3-14(8-18(13)22)19-5-4-15(25-19)9-23-10-17-16(11-24)20-6-7-21(17,12-23)26-20/h2-5,8,16-17,20,24H,6-7,9-12H2,1H3/t16-,17+,20+,21+/m0/s1. The van der Waals surface area contributed by atoms with Gasteiger partial charge < -0.3 is 14.3 Å². The van der Waals surface area contributed by atoms with Crippen molar-refractivity contribution in [1.82, 2.24) is 4.90 Å². The summed E-state index contributed by atoms with van der Waals surface area (Å²) in [6.45, 7) is 4.94. The van der Waals surface area contributed by atoms with E-state index in [0.717, 1.165) is 60.1 Å². The molecule has 4 heterocycles. The van der Waals surface area contributed by atoms with E-state index >= 15 is 0 Å². The minimum Gasteiger partial charge on any atom is -0.460 e. The molecule has 5 heteroatoms. The highest BCUT2D eigenvalue weighted by molar-refractivity contribution is 6.31. The number of benzene rings is 1. The van der Waals surface area contributed by atoms with Gasteiger partial charge in [0.2, 0.25) is 0 Å². The molecule has 4 nitrogen and oxygen atoms in total. The van der Waals surface area contributed by atoms with Gasteiger partial charge in [-0.1, -0.05) is 23.7 Å². The highest BCUT2D eigenvalue weighted by Gasteiger charge is 2.62. The van der Waals surface area contributed by atoms with E-state index in [-0.39, 0.29) is 18.3 Å². The molecule has 3 aliphatic heterocycles. The molecule has 5 rings (SSSR count). The molecule has 4 atom stereocenters. The number of halogens is 1. The van der Waals surface area contributed by atoms with Gasteiger partial charge in [-0.15, -0.1) is 0 Å². The van der Waals surface area contributed by atoms with Crippen LogP contribution in [0.3, 0.4) is 0 Å². The zero-order chi connectivity index (χ0) is 17.9. The van der Waals surface area contributed by atoms with Gasteiger partial charge in [-0.3, -0.25) is 4.90 Å². The monoisotopic (exact) mass is 373 g/mol. The van der Waals surface area contributed by atoms with Crippen molar-refractivity contribution in [3.8, 4) is 11.3 Å². The van der Waals surface area contributed by atoms with Crippen LogP contribution >= 0.6 is 11.6 Å². The molecule has 0 saturated carbocycles. The fraction of sp³-hybridized carbons (Fsp3) is 0.524. The van der Waals surface area contributed by atoms with Gasteiger partial charge in [-0.05, 0) is 43.5 Å². The first kappa shape index (κ1) is 16.8. The Labute approximate surface area is 158 Å². The third-order valence-electron chi connectivity index (χ3n) is 6.56. The first-order valence-electron chi connectivity index (χ1n) is 9.44. The highest BCUT2D eigenvalue weighted by Crippen LogP contribution is 2.54. The number of aliphatic hydroxyl groups is 1. The van der Waals surface area contributed by atoms with E-state index in [0.29, 0.717) is 11.8 Å². The van der Waals surface area contributed by atoms with Crippen molar-refractivity contribution in [1.29, 1.82) is 0 Å². The van der Waals surface area contributed by atoms with Gasteiger partial charge in [0, 0.05) is 42.1 Å². The second-order valence-electron chi connectivity index (χ2n) is 8.11. The topological polar surface area (TPSA) is 45.8 Å². The number of hydrogen-bond acceptors (Lipinski definition) is 4. The zero-order valence-corrected chi connectivity index (χ0v) is 15.7. The normalized spacial score (nSPS) is 33.1. The smallest absolute Gasteiger partial charge is 0.134 e. The Bertz CT molecular complexity index is 834. The summed E-state index contributed by atoms with van der Waals surface area (Å²) in [4.78, 5) is 2.42. The second-order valence-corrected chi connectivity index (χ2v) is 8.52. The predicted molar refractivity (Wildman–Crippen MR) is 100 cm³/mol. The number of furan rings is 1. The van der Waals surface area contributed by atoms with Crippen molar-refractivity contribution < 1.29 is 14.3 Å². The van der Waals surface area contributed by atoms with Crippen molar-refractivity contribution in [2.24, 2.45) is 11.8 Å². The summed E-state index contributed by atoms with van der Waals surface area (Å²) in [7, 11) is 0. The molecule has 3 saturated heterocycles. The summed E-state index contributed by atoms with van der Waals surface area (Å²) in [6.07, 6.45) is 2.49. The van der Waals surface area contributed by atoms with Crippen LogP contribution in [0.1, 0.15) is 24.2 Å². The van der Waals surface area contributed by atoms with Gasteiger partial charge >= 0.3 is 0 Å². The first-order chi connectivity index (χ1) is 12.6. The SMILES string of the molecule is Cc1ccc(-c2ccc(CN3C[C@@H]4[C@H](CO)[C@H]5CC[C@]4(C3)O5)o2)cc1Cl. The maximum atomic E-state index is 9.75. The van der Waals surface area contributed by atoms with Gasteiger partial charge in [0.05, 0.1) is 18.2 Å². The van der Waals surface area contributed by atoms with Crippen LogP contribution in [0, 0.1) is 18.8 Å². The van der Waals surface area contributed by atoms with Crippen LogP contribution in [0.15, 0.2) is 34.7 Å². The van der Waals surface area contributed by atoms with Crippen LogP contribution in [0.5, 0.6) is 0 Å². The van der Waals surface area contributed by atoms with E-state index in [1.54, 1.807) is 0 Å². The van der Waals surface area contributed by atoms with Crippen molar-refractivity contribution in [3.63, 3.8) is 0 Å². The molecule has 1 N–H and O–H groups in total. The molecule has 1 aromatic carbocycles. The Balaban J connectivity index is 1.31. The van der Waals surface area contributed by atoms with Gasteiger partial charge in [0.1, 0.15) is 11.5 Å². The summed E-state index contributed by atoms with van der Waals surface area (Å²) >= 11 is 6.24. The number of aryl methyl sites for hydroxylation is 1. The van der Waals surface area contributed by atoms with E-state index in [9.17, 15) is 5.11 Å². The number of nitrogens with zero attached hydrogens (tertiary/aromatic N) is 1. The molecule has 138 valence electrons. The number of likely N-dealkylation sites (tertiary alicyclic amines) is 1. The van der Waals surface area contributed by atoms with Gasteiger partial charge in [0.25, 0.3) is 0 Å². The fourth-order valence-corrected chi connectivity index (χ4v) is 5.42. The van der Waals surface area contributed by atoms with Crippen molar-refractivity contribution in [2.75, 3.05) is 19.7 Å². The van der Waals surface area contributed by atoms with Gasteiger partial charge in [-0.25, -0.2) is 0 Å². The van der Waals surface area contributed by atoms with Crippen LogP contribution in [0.4, 0.5) is 0 Å². The molecular weight excluding hydrogens is 350 g/mol. The minimum absolute atomic E-state index is 0.0298. The molecule has 2 aromatic rings. The number of ether oxygens (including phenoxy) is 1. The summed E-state index contributed by atoms with van der Waals surface area (Å²) in [5.74, 6) is 2.57. The van der Waals surface area contributed by atoms with Crippen molar-refractivity contribution in [3.05, 3.63) is 46.7 Å². The molecule has 26 heavy (non-hydrogen) atoms. The van der Waals surface area contributed by atoms with Gasteiger partial charge in [-0.2, -0.15) is 0 Å². The molecule has 3 fully saturated rings. The fourth-order valence-electron chi connectivity index (χ4n) is 5.24. The lowest BCUT2D eigenvalue weighted by Gasteiger charge is -2.28. The lowest BCUT2D eigenvalue weighted by molar-refractivity contribution is -0.0000608.